The molecule has 0 aliphatic carbocycles. The molecule has 1 rings (SSSR count). The molecule has 0 aliphatic rings. The number of aliphatic imine (C=N–C) groups is 1. The number of hydrogen-bond acceptors (Lipinski definition) is 5. The van der Waals surface area contributed by atoms with E-state index in [0.717, 1.165) is 44.3 Å². The molecule has 2 N–H and O–H groups in total. The van der Waals surface area contributed by atoms with Gasteiger partial charge in [0.05, 0.1) is 0 Å². The maximum atomic E-state index is 12.1. The predicted molar refractivity (Wildman–Crippen MR) is 131 cm³/mol. The predicted octanol–water partition coefficient (Wildman–Crippen LogP) is 2.91. The molecule has 1 aromatic heterocycles. The van der Waals surface area contributed by atoms with Gasteiger partial charge in [0.1, 0.15) is 17.8 Å². The van der Waals surface area contributed by atoms with E-state index in [4.69, 9.17) is 4.74 Å². The summed E-state index contributed by atoms with van der Waals surface area (Å²) in [7, 11) is 3.77. The third kappa shape index (κ3) is 10.4. The van der Waals surface area contributed by atoms with Crippen molar-refractivity contribution in [3.8, 4) is 0 Å². The molecule has 1 unspecified atom stereocenters. The van der Waals surface area contributed by atoms with Gasteiger partial charge in [-0.05, 0) is 33.1 Å². The SMILES string of the molecule is CCc1nncn1CCNC(=NC)N(C)CCC(NC(=O)OC(C)(C)C)C(C)C.I. The van der Waals surface area contributed by atoms with Gasteiger partial charge in [0.2, 0.25) is 0 Å². The Bertz CT molecular complexity index is 656. The average Bonchev–Trinajstić information content (AvgIpc) is 3.07. The van der Waals surface area contributed by atoms with Crippen LogP contribution in [-0.2, 0) is 17.7 Å². The van der Waals surface area contributed by atoms with Crippen LogP contribution >= 0.6 is 24.0 Å². The van der Waals surface area contributed by atoms with Crippen LogP contribution in [0.2, 0.25) is 0 Å². The summed E-state index contributed by atoms with van der Waals surface area (Å²) < 4.78 is 7.43. The smallest absolute Gasteiger partial charge is 0.407 e. The Morgan fingerprint density at radius 1 is 1.37 bits per heavy atom. The van der Waals surface area contributed by atoms with Gasteiger partial charge >= 0.3 is 6.09 Å². The summed E-state index contributed by atoms with van der Waals surface area (Å²) in [6.45, 7) is 14.1. The highest BCUT2D eigenvalue weighted by Crippen LogP contribution is 2.11. The van der Waals surface area contributed by atoms with E-state index in [2.05, 4.69) is 51.5 Å². The maximum absolute atomic E-state index is 12.1. The summed E-state index contributed by atoms with van der Waals surface area (Å²) in [5, 5.41) is 14.4. The summed E-state index contributed by atoms with van der Waals surface area (Å²) in [6.07, 6.45) is 3.03. The van der Waals surface area contributed by atoms with Crippen molar-refractivity contribution >= 4 is 36.0 Å². The first kappa shape index (κ1) is 28.4. The first-order chi connectivity index (χ1) is 13.6. The number of alkyl carbamates (subject to hydrolysis) is 1. The van der Waals surface area contributed by atoms with Crippen LogP contribution in [0.3, 0.4) is 0 Å². The van der Waals surface area contributed by atoms with Gasteiger partial charge < -0.3 is 24.8 Å². The Morgan fingerprint density at radius 3 is 2.57 bits per heavy atom. The summed E-state index contributed by atoms with van der Waals surface area (Å²) in [5.41, 5.74) is -0.503. The van der Waals surface area contributed by atoms with Crippen LogP contribution < -0.4 is 10.6 Å². The first-order valence-electron chi connectivity index (χ1n) is 10.3. The van der Waals surface area contributed by atoms with Gasteiger partial charge in [0.15, 0.2) is 5.96 Å². The lowest BCUT2D eigenvalue weighted by Crippen LogP contribution is -2.45. The highest BCUT2D eigenvalue weighted by atomic mass is 127. The zero-order chi connectivity index (χ0) is 22.0. The molecule has 9 nitrogen and oxygen atoms in total. The number of aromatic nitrogens is 3. The highest BCUT2D eigenvalue weighted by molar-refractivity contribution is 14.0. The topological polar surface area (TPSA) is 96.7 Å². The van der Waals surface area contributed by atoms with Gasteiger partial charge in [-0.1, -0.05) is 20.8 Å². The normalized spacial score (nSPS) is 12.9. The molecule has 10 heteroatoms. The van der Waals surface area contributed by atoms with Crippen LogP contribution in [0.1, 0.15) is 53.8 Å². The fourth-order valence-corrected chi connectivity index (χ4v) is 2.88. The molecule has 0 aromatic carbocycles. The Balaban J connectivity index is 0.00000841. The monoisotopic (exact) mass is 537 g/mol. The van der Waals surface area contributed by atoms with Crippen LogP contribution in [0.4, 0.5) is 4.79 Å². The number of guanidine groups is 1. The van der Waals surface area contributed by atoms with Gasteiger partial charge in [0.25, 0.3) is 0 Å². The molecule has 0 saturated carbocycles. The van der Waals surface area contributed by atoms with Crippen LogP contribution in [0.15, 0.2) is 11.3 Å². The number of nitrogens with one attached hydrogen (secondary N) is 2. The molecular formula is C20H40IN7O2. The second-order valence-corrected chi connectivity index (χ2v) is 8.48. The van der Waals surface area contributed by atoms with E-state index in [9.17, 15) is 4.79 Å². The number of carbonyl (C=O) groups is 1. The fourth-order valence-electron chi connectivity index (χ4n) is 2.88. The van der Waals surface area contributed by atoms with Crippen LogP contribution in [0.25, 0.3) is 0 Å². The van der Waals surface area contributed by atoms with Crippen LogP contribution in [0.5, 0.6) is 0 Å². The zero-order valence-electron chi connectivity index (χ0n) is 19.7. The van der Waals surface area contributed by atoms with Gasteiger partial charge in [-0.3, -0.25) is 4.99 Å². The van der Waals surface area contributed by atoms with E-state index in [-0.39, 0.29) is 36.1 Å². The van der Waals surface area contributed by atoms with E-state index in [0.29, 0.717) is 5.92 Å². The molecule has 1 heterocycles. The summed E-state index contributed by atoms with van der Waals surface area (Å²) >= 11 is 0. The summed E-state index contributed by atoms with van der Waals surface area (Å²) in [5.74, 6) is 2.09. The minimum Gasteiger partial charge on any atom is -0.444 e. The molecule has 1 amide bonds. The Morgan fingerprint density at radius 2 is 2.03 bits per heavy atom. The van der Waals surface area contributed by atoms with Crippen molar-refractivity contribution in [2.24, 2.45) is 10.9 Å². The van der Waals surface area contributed by atoms with Crippen molar-refractivity contribution in [1.82, 2.24) is 30.3 Å². The number of nitrogens with zero attached hydrogens (tertiary/aromatic N) is 5. The van der Waals surface area contributed by atoms with Crippen molar-refractivity contribution in [2.45, 2.75) is 72.6 Å². The molecule has 174 valence electrons. The van der Waals surface area contributed by atoms with Crippen LogP contribution in [0, 0.1) is 5.92 Å². The quantitative estimate of drug-likeness (QED) is 0.286. The van der Waals surface area contributed by atoms with Crippen molar-refractivity contribution in [3.05, 3.63) is 12.2 Å². The van der Waals surface area contributed by atoms with Gasteiger partial charge in [0, 0.05) is 46.2 Å². The van der Waals surface area contributed by atoms with Crippen molar-refractivity contribution in [1.29, 1.82) is 0 Å². The van der Waals surface area contributed by atoms with E-state index in [1.807, 2.05) is 32.4 Å². The molecule has 30 heavy (non-hydrogen) atoms. The number of rotatable bonds is 9. The van der Waals surface area contributed by atoms with Crippen molar-refractivity contribution in [2.75, 3.05) is 27.2 Å². The van der Waals surface area contributed by atoms with Crippen molar-refractivity contribution in [3.63, 3.8) is 0 Å². The van der Waals surface area contributed by atoms with Gasteiger partial charge in [-0.2, -0.15) is 0 Å². The lowest BCUT2D eigenvalue weighted by Gasteiger charge is -2.28. The zero-order valence-corrected chi connectivity index (χ0v) is 22.1. The molecule has 0 saturated heterocycles. The molecule has 0 bridgehead atoms. The average molecular weight is 537 g/mol. The summed E-state index contributed by atoms with van der Waals surface area (Å²) in [4.78, 5) is 18.5. The standard InChI is InChI=1S/C20H39N7O2.HI/c1-9-17-25-23-14-27(17)13-11-22-18(21-7)26(8)12-10-16(15(2)3)24-19(28)29-20(4,5)6;/h14-16H,9-13H2,1-8H3,(H,21,22)(H,24,28);1H. The van der Waals surface area contributed by atoms with Gasteiger partial charge in [-0.25, -0.2) is 4.79 Å². The summed E-state index contributed by atoms with van der Waals surface area (Å²) in [6, 6.07) is 0.0227. The van der Waals surface area contributed by atoms with Crippen molar-refractivity contribution < 1.29 is 9.53 Å². The number of hydrogen-bond donors (Lipinski definition) is 2. The number of amides is 1. The second kappa shape index (κ2) is 13.7. The lowest BCUT2D eigenvalue weighted by atomic mass is 10.0. The van der Waals surface area contributed by atoms with Gasteiger partial charge in [-0.15, -0.1) is 34.2 Å². The third-order valence-corrected chi connectivity index (χ3v) is 4.50. The molecule has 0 fully saturated rings. The largest absolute Gasteiger partial charge is 0.444 e. The Kier molecular flexibility index (Phi) is 12.9. The number of aryl methyl sites for hydroxylation is 1. The Hall–Kier alpha value is -1.59. The number of carbonyl (C=O) groups excluding carboxylic acids is 1. The minimum absolute atomic E-state index is 0. The van der Waals surface area contributed by atoms with E-state index < -0.39 is 5.60 Å². The Labute approximate surface area is 198 Å². The van der Waals surface area contributed by atoms with E-state index >= 15 is 0 Å². The molecular weight excluding hydrogens is 497 g/mol. The number of ether oxygens (including phenoxy) is 1. The van der Waals surface area contributed by atoms with Crippen LogP contribution in [-0.4, -0.2) is 70.5 Å². The third-order valence-electron chi connectivity index (χ3n) is 4.50. The lowest BCUT2D eigenvalue weighted by molar-refractivity contribution is 0.0486. The molecule has 0 aliphatic heterocycles. The number of halogens is 1. The van der Waals surface area contributed by atoms with E-state index in [1.54, 1.807) is 13.4 Å². The van der Waals surface area contributed by atoms with E-state index in [1.165, 1.54) is 0 Å². The molecule has 0 radical (unpaired) electrons. The first-order valence-corrected chi connectivity index (χ1v) is 10.3. The molecule has 1 aromatic rings. The second-order valence-electron chi connectivity index (χ2n) is 8.48. The maximum Gasteiger partial charge on any atom is 0.407 e. The fraction of sp³-hybridized carbons (Fsp3) is 0.800. The molecule has 0 spiro atoms. The minimum atomic E-state index is -0.503. The molecule has 1 atom stereocenters. The highest BCUT2D eigenvalue weighted by Gasteiger charge is 2.22.